The van der Waals surface area contributed by atoms with Gasteiger partial charge >= 0.3 is 0 Å². The molecule has 0 unspecified atom stereocenters. The number of ether oxygens (including phenoxy) is 2. The van der Waals surface area contributed by atoms with Gasteiger partial charge in [0.1, 0.15) is 11.5 Å². The molecular formula is C26H26N4O3S. The van der Waals surface area contributed by atoms with E-state index in [-0.39, 0.29) is 11.7 Å². The Hall–Kier alpha value is -3.78. The first-order valence-electron chi connectivity index (χ1n) is 10.7. The second-order valence-corrected chi connectivity index (χ2v) is 8.54. The third kappa shape index (κ3) is 5.40. The van der Waals surface area contributed by atoms with Crippen LogP contribution in [0.15, 0.2) is 84.0 Å². The van der Waals surface area contributed by atoms with Crippen molar-refractivity contribution in [3.63, 3.8) is 0 Å². The molecule has 0 atom stereocenters. The zero-order valence-corrected chi connectivity index (χ0v) is 20.2. The summed E-state index contributed by atoms with van der Waals surface area (Å²) < 4.78 is 12.6. The quantitative estimate of drug-likeness (QED) is 0.328. The zero-order valence-electron chi connectivity index (χ0n) is 19.3. The lowest BCUT2D eigenvalue weighted by Gasteiger charge is -2.17. The van der Waals surface area contributed by atoms with Crippen LogP contribution in [-0.2, 0) is 11.3 Å². The average molecular weight is 475 g/mol. The van der Waals surface area contributed by atoms with Crippen molar-refractivity contribution < 1.29 is 14.3 Å². The van der Waals surface area contributed by atoms with Crippen LogP contribution in [0.3, 0.4) is 0 Å². The molecule has 1 heterocycles. The topological polar surface area (TPSA) is 69.5 Å². The molecule has 0 N–H and O–H groups in total. The Morgan fingerprint density at radius 2 is 1.62 bits per heavy atom. The van der Waals surface area contributed by atoms with Crippen LogP contribution in [0.25, 0.3) is 17.1 Å². The Bertz CT molecular complexity index is 1260. The van der Waals surface area contributed by atoms with Gasteiger partial charge in [0.2, 0.25) is 5.91 Å². The number of methoxy groups -OCH3 is 2. The maximum Gasteiger partial charge on any atom is 0.233 e. The number of para-hydroxylation sites is 1. The molecular weight excluding hydrogens is 448 g/mol. The van der Waals surface area contributed by atoms with E-state index in [4.69, 9.17) is 9.47 Å². The lowest BCUT2D eigenvalue weighted by molar-refractivity contribution is -0.127. The van der Waals surface area contributed by atoms with Crippen molar-refractivity contribution in [2.45, 2.75) is 11.7 Å². The predicted octanol–water partition coefficient (Wildman–Crippen LogP) is 4.70. The molecule has 4 aromatic rings. The molecule has 8 heteroatoms. The molecule has 3 aromatic carbocycles. The number of benzene rings is 3. The van der Waals surface area contributed by atoms with E-state index in [0.29, 0.717) is 17.5 Å². The van der Waals surface area contributed by atoms with Gasteiger partial charge in [0, 0.05) is 24.8 Å². The summed E-state index contributed by atoms with van der Waals surface area (Å²) in [6.45, 7) is 0.497. The summed E-state index contributed by atoms with van der Waals surface area (Å²) >= 11 is 1.36. The van der Waals surface area contributed by atoms with Gasteiger partial charge < -0.3 is 14.4 Å². The zero-order chi connectivity index (χ0) is 23.9. The standard InChI is InChI=1S/C26H26N4O3S/c1-29(17-19-9-7-13-22(15-19)32-2)24(31)18-34-26-28-27-25(20-10-8-14-23(16-20)33-3)30(26)21-11-5-4-6-12-21/h4-16H,17-18H2,1-3H3. The molecule has 0 aliphatic heterocycles. The summed E-state index contributed by atoms with van der Waals surface area (Å²) in [5.41, 5.74) is 2.81. The normalized spacial score (nSPS) is 10.7. The van der Waals surface area contributed by atoms with E-state index in [0.717, 1.165) is 28.3 Å². The number of carbonyl (C=O) groups is 1. The van der Waals surface area contributed by atoms with E-state index in [1.807, 2.05) is 83.4 Å². The maximum absolute atomic E-state index is 12.9. The van der Waals surface area contributed by atoms with Crippen LogP contribution in [-0.4, -0.2) is 52.6 Å². The molecule has 0 aliphatic rings. The van der Waals surface area contributed by atoms with Crippen LogP contribution in [0.4, 0.5) is 0 Å². The Morgan fingerprint density at radius 3 is 2.35 bits per heavy atom. The Balaban J connectivity index is 1.54. The number of amides is 1. The molecule has 0 bridgehead atoms. The van der Waals surface area contributed by atoms with Gasteiger partial charge in [0.05, 0.1) is 20.0 Å². The van der Waals surface area contributed by atoms with Crippen molar-refractivity contribution >= 4 is 17.7 Å². The third-order valence-electron chi connectivity index (χ3n) is 5.28. The van der Waals surface area contributed by atoms with E-state index in [9.17, 15) is 4.79 Å². The van der Waals surface area contributed by atoms with Crippen LogP contribution < -0.4 is 9.47 Å². The summed E-state index contributed by atoms with van der Waals surface area (Å²) in [4.78, 5) is 14.6. The van der Waals surface area contributed by atoms with Crippen molar-refractivity contribution in [3.8, 4) is 28.6 Å². The lowest BCUT2D eigenvalue weighted by Crippen LogP contribution is -2.27. The van der Waals surface area contributed by atoms with Crippen LogP contribution in [0.1, 0.15) is 5.56 Å². The fourth-order valence-corrected chi connectivity index (χ4v) is 4.38. The molecule has 1 amide bonds. The molecule has 7 nitrogen and oxygen atoms in total. The maximum atomic E-state index is 12.9. The van der Waals surface area contributed by atoms with Crippen molar-refractivity contribution in [2.75, 3.05) is 27.0 Å². The highest BCUT2D eigenvalue weighted by atomic mass is 32.2. The van der Waals surface area contributed by atoms with Crippen molar-refractivity contribution in [3.05, 3.63) is 84.4 Å². The number of hydrogen-bond acceptors (Lipinski definition) is 6. The van der Waals surface area contributed by atoms with Crippen LogP contribution in [0.2, 0.25) is 0 Å². The molecule has 0 saturated carbocycles. The number of thioether (sulfide) groups is 1. The molecule has 0 spiro atoms. The third-order valence-corrected chi connectivity index (χ3v) is 6.19. The van der Waals surface area contributed by atoms with Gasteiger partial charge in [-0.3, -0.25) is 9.36 Å². The number of aromatic nitrogens is 3. The number of rotatable bonds is 9. The first-order valence-corrected chi connectivity index (χ1v) is 11.7. The Morgan fingerprint density at radius 1 is 0.912 bits per heavy atom. The SMILES string of the molecule is COc1cccc(CN(C)C(=O)CSc2nnc(-c3cccc(OC)c3)n2-c2ccccc2)c1. The van der Waals surface area contributed by atoms with Gasteiger partial charge in [-0.2, -0.15) is 0 Å². The van der Waals surface area contributed by atoms with Gasteiger partial charge in [-0.15, -0.1) is 10.2 Å². The van der Waals surface area contributed by atoms with Gasteiger partial charge in [-0.05, 0) is 42.0 Å². The minimum absolute atomic E-state index is 0.00152. The van der Waals surface area contributed by atoms with Crippen LogP contribution in [0, 0.1) is 0 Å². The summed E-state index contributed by atoms with van der Waals surface area (Å²) in [5, 5.41) is 9.50. The summed E-state index contributed by atoms with van der Waals surface area (Å²) in [6.07, 6.45) is 0. The average Bonchev–Trinajstić information content (AvgIpc) is 3.32. The molecule has 0 radical (unpaired) electrons. The number of hydrogen-bond donors (Lipinski definition) is 0. The highest BCUT2D eigenvalue weighted by Crippen LogP contribution is 2.30. The highest BCUT2D eigenvalue weighted by Gasteiger charge is 2.19. The monoisotopic (exact) mass is 474 g/mol. The van der Waals surface area contributed by atoms with Crippen molar-refractivity contribution in [2.24, 2.45) is 0 Å². The first-order chi connectivity index (χ1) is 16.6. The Kier molecular flexibility index (Phi) is 7.49. The molecule has 0 fully saturated rings. The molecule has 174 valence electrons. The predicted molar refractivity (Wildman–Crippen MR) is 134 cm³/mol. The van der Waals surface area contributed by atoms with Gasteiger partial charge in [0.25, 0.3) is 0 Å². The molecule has 4 rings (SSSR count). The minimum atomic E-state index is -0.00152. The van der Waals surface area contributed by atoms with E-state index in [1.165, 1.54) is 11.8 Å². The summed E-state index contributed by atoms with van der Waals surface area (Å²) in [6, 6.07) is 25.3. The molecule has 1 aromatic heterocycles. The number of carbonyl (C=O) groups excluding carboxylic acids is 1. The van der Waals surface area contributed by atoms with E-state index >= 15 is 0 Å². The second-order valence-electron chi connectivity index (χ2n) is 7.60. The fraction of sp³-hybridized carbons (Fsp3) is 0.192. The van der Waals surface area contributed by atoms with Gasteiger partial charge in [0.15, 0.2) is 11.0 Å². The van der Waals surface area contributed by atoms with Crippen molar-refractivity contribution in [1.29, 1.82) is 0 Å². The molecule has 34 heavy (non-hydrogen) atoms. The van der Waals surface area contributed by atoms with Crippen LogP contribution in [0.5, 0.6) is 11.5 Å². The van der Waals surface area contributed by atoms with Crippen LogP contribution >= 0.6 is 11.8 Å². The van der Waals surface area contributed by atoms with Gasteiger partial charge in [-0.1, -0.05) is 54.2 Å². The minimum Gasteiger partial charge on any atom is -0.497 e. The number of nitrogens with zero attached hydrogens (tertiary/aromatic N) is 4. The van der Waals surface area contributed by atoms with Gasteiger partial charge in [-0.25, -0.2) is 0 Å². The lowest BCUT2D eigenvalue weighted by atomic mass is 10.2. The van der Waals surface area contributed by atoms with E-state index in [1.54, 1.807) is 26.2 Å². The fourth-order valence-electron chi connectivity index (χ4n) is 3.49. The molecule has 0 saturated heterocycles. The second kappa shape index (κ2) is 10.9. The van der Waals surface area contributed by atoms with E-state index < -0.39 is 0 Å². The Labute approximate surface area is 203 Å². The molecule has 0 aliphatic carbocycles. The summed E-state index contributed by atoms with van der Waals surface area (Å²) in [7, 11) is 5.06. The first kappa shape index (κ1) is 23.4. The summed E-state index contributed by atoms with van der Waals surface area (Å²) in [5.74, 6) is 2.43. The van der Waals surface area contributed by atoms with E-state index in [2.05, 4.69) is 10.2 Å². The van der Waals surface area contributed by atoms with Crippen molar-refractivity contribution in [1.82, 2.24) is 19.7 Å². The highest BCUT2D eigenvalue weighted by molar-refractivity contribution is 7.99. The smallest absolute Gasteiger partial charge is 0.233 e. The largest absolute Gasteiger partial charge is 0.497 e.